The van der Waals surface area contributed by atoms with E-state index >= 15 is 0 Å². The summed E-state index contributed by atoms with van der Waals surface area (Å²) in [6.45, 7) is 5.57. The van der Waals surface area contributed by atoms with Crippen LogP contribution < -0.4 is 0 Å². The maximum absolute atomic E-state index is 12.7. The highest BCUT2D eigenvalue weighted by molar-refractivity contribution is 7.47. The van der Waals surface area contributed by atoms with Gasteiger partial charge in [-0.1, -0.05) is 172 Å². The maximum atomic E-state index is 12.7. The number of quaternary nitrogens is 1. The van der Waals surface area contributed by atoms with E-state index in [4.69, 9.17) is 18.5 Å². The molecule has 0 aliphatic carbocycles. The van der Waals surface area contributed by atoms with Gasteiger partial charge in [0.05, 0.1) is 34.4 Å². The molecule has 2 atom stereocenters. The topological polar surface area (TPSA) is 91.3 Å². The first-order valence-corrected chi connectivity index (χ1v) is 25.9. The standard InChI is InChI=1S/C50H94NO7P/c1-6-8-10-12-14-16-18-20-22-23-24-25-26-27-28-30-32-34-36-38-40-42-45-55-47-49(48-57-59(53,54)56-46-44-51(3,4)5)58-50(52)43-41-39-37-35-33-31-29-21-19-17-15-13-11-9-7-2/h15,17-18,20-21,23-24,29,49H,6-14,16,19,22,25-28,30-48H2,1-5H3/p+1/b17-15-,20-18-,24-23-,29-21-. The third-order valence-corrected chi connectivity index (χ3v) is 11.3. The predicted molar refractivity (Wildman–Crippen MR) is 252 cm³/mol. The molecule has 0 aromatic rings. The van der Waals surface area contributed by atoms with E-state index in [-0.39, 0.29) is 25.8 Å². The molecule has 346 valence electrons. The predicted octanol–water partition coefficient (Wildman–Crippen LogP) is 14.7. The molecule has 0 aromatic heterocycles. The largest absolute Gasteiger partial charge is 0.472 e. The fourth-order valence-electron chi connectivity index (χ4n) is 6.55. The molecular weight excluding hydrogens is 758 g/mol. The molecule has 0 bridgehead atoms. The summed E-state index contributed by atoms with van der Waals surface area (Å²) in [6.07, 6.45) is 52.9. The lowest BCUT2D eigenvalue weighted by atomic mass is 10.1. The molecule has 0 saturated heterocycles. The number of ether oxygens (including phenoxy) is 2. The minimum Gasteiger partial charge on any atom is -0.457 e. The van der Waals surface area contributed by atoms with Gasteiger partial charge < -0.3 is 18.9 Å². The molecule has 0 aromatic carbocycles. The summed E-state index contributed by atoms with van der Waals surface area (Å²) < 4.78 is 35.1. The first kappa shape index (κ1) is 57.5. The number of carbonyl (C=O) groups excluding carboxylic acids is 1. The van der Waals surface area contributed by atoms with Crippen LogP contribution in [0.2, 0.25) is 0 Å². The molecule has 8 nitrogen and oxygen atoms in total. The van der Waals surface area contributed by atoms with Gasteiger partial charge in [0.2, 0.25) is 0 Å². The van der Waals surface area contributed by atoms with Gasteiger partial charge in [-0.3, -0.25) is 13.8 Å². The molecule has 0 radical (unpaired) electrons. The Balaban J connectivity index is 4.17. The number of hydrogen-bond donors (Lipinski definition) is 1. The van der Waals surface area contributed by atoms with E-state index < -0.39 is 13.9 Å². The summed E-state index contributed by atoms with van der Waals surface area (Å²) in [4.78, 5) is 22.9. The molecule has 9 heteroatoms. The Kier molecular flexibility index (Phi) is 42.0. The van der Waals surface area contributed by atoms with Crippen LogP contribution in [-0.4, -0.2) is 75.6 Å². The van der Waals surface area contributed by atoms with Crippen molar-refractivity contribution in [3.05, 3.63) is 48.6 Å². The lowest BCUT2D eigenvalue weighted by Gasteiger charge is -2.24. The van der Waals surface area contributed by atoms with Crippen molar-refractivity contribution < 1.29 is 37.3 Å². The summed E-state index contributed by atoms with van der Waals surface area (Å²) in [5.41, 5.74) is 0. The molecule has 1 N–H and O–H groups in total. The highest BCUT2D eigenvalue weighted by Gasteiger charge is 2.26. The molecule has 0 saturated carbocycles. The highest BCUT2D eigenvalue weighted by atomic mass is 31.2. The average molecular weight is 853 g/mol. The smallest absolute Gasteiger partial charge is 0.457 e. The van der Waals surface area contributed by atoms with Gasteiger partial charge in [-0.15, -0.1) is 0 Å². The van der Waals surface area contributed by atoms with E-state index in [1.807, 2.05) is 21.1 Å². The third-order valence-electron chi connectivity index (χ3n) is 10.4. The summed E-state index contributed by atoms with van der Waals surface area (Å²) in [6, 6.07) is 0. The summed E-state index contributed by atoms with van der Waals surface area (Å²) in [7, 11) is 1.65. The molecule has 59 heavy (non-hydrogen) atoms. The second-order valence-electron chi connectivity index (χ2n) is 17.5. The fourth-order valence-corrected chi connectivity index (χ4v) is 7.30. The minimum absolute atomic E-state index is 0.0840. The zero-order valence-corrected chi connectivity index (χ0v) is 40.1. The SMILES string of the molecule is CCCCC/C=C\C/C=C\CCCCCCCC(=O)OC(COCCCCCCCCCCCC/C=C\C/C=C\CCCCCCC)COP(=O)(O)OCC[N+](C)(C)C. The number of carbonyl (C=O) groups is 1. The van der Waals surface area contributed by atoms with E-state index in [0.717, 1.165) is 64.2 Å². The average Bonchev–Trinajstić information content (AvgIpc) is 3.19. The van der Waals surface area contributed by atoms with Gasteiger partial charge in [0.15, 0.2) is 0 Å². The number of allylic oxidation sites excluding steroid dienone is 8. The maximum Gasteiger partial charge on any atom is 0.472 e. The lowest BCUT2D eigenvalue weighted by molar-refractivity contribution is -0.870. The van der Waals surface area contributed by atoms with Crippen molar-refractivity contribution in [1.82, 2.24) is 0 Å². The van der Waals surface area contributed by atoms with Crippen LogP contribution in [0.15, 0.2) is 48.6 Å². The number of unbranched alkanes of at least 4 members (excludes halogenated alkanes) is 23. The van der Waals surface area contributed by atoms with Gasteiger partial charge in [0, 0.05) is 13.0 Å². The van der Waals surface area contributed by atoms with Crippen molar-refractivity contribution in [2.75, 3.05) is 54.1 Å². The highest BCUT2D eigenvalue weighted by Crippen LogP contribution is 2.43. The Labute approximate surface area is 365 Å². The number of phosphoric acid groups is 1. The summed E-state index contributed by atoms with van der Waals surface area (Å²) in [5, 5.41) is 0. The van der Waals surface area contributed by atoms with Gasteiger partial charge >= 0.3 is 13.8 Å². The molecular formula is C50H95NO7P+. The van der Waals surface area contributed by atoms with Crippen LogP contribution in [0.1, 0.15) is 206 Å². The number of rotatable bonds is 45. The van der Waals surface area contributed by atoms with E-state index in [1.165, 1.54) is 122 Å². The number of phosphoric ester groups is 1. The van der Waals surface area contributed by atoms with Crippen molar-refractivity contribution in [3.63, 3.8) is 0 Å². The third kappa shape index (κ3) is 47.4. The normalized spacial score (nSPS) is 14.1. The first-order valence-electron chi connectivity index (χ1n) is 24.4. The second-order valence-corrected chi connectivity index (χ2v) is 18.9. The minimum atomic E-state index is -4.28. The van der Waals surface area contributed by atoms with Gasteiger partial charge in [-0.05, 0) is 77.0 Å². The van der Waals surface area contributed by atoms with E-state index in [0.29, 0.717) is 24.1 Å². The van der Waals surface area contributed by atoms with Gasteiger partial charge in [-0.2, -0.15) is 0 Å². The summed E-state index contributed by atoms with van der Waals surface area (Å²) >= 11 is 0. The van der Waals surface area contributed by atoms with Crippen molar-refractivity contribution in [3.8, 4) is 0 Å². The van der Waals surface area contributed by atoms with E-state index in [1.54, 1.807) is 0 Å². The Bertz CT molecular complexity index is 1080. The van der Waals surface area contributed by atoms with Crippen molar-refractivity contribution in [2.45, 2.75) is 213 Å². The number of likely N-dealkylation sites (N-methyl/N-ethyl adjacent to an activating group) is 1. The quantitative estimate of drug-likeness (QED) is 0.0214. The molecule has 0 spiro atoms. The molecule has 0 fully saturated rings. The van der Waals surface area contributed by atoms with Crippen LogP contribution >= 0.6 is 7.82 Å². The van der Waals surface area contributed by atoms with Crippen molar-refractivity contribution in [2.24, 2.45) is 0 Å². The molecule has 0 aliphatic rings. The van der Waals surface area contributed by atoms with Crippen LogP contribution in [0.25, 0.3) is 0 Å². The van der Waals surface area contributed by atoms with Crippen molar-refractivity contribution in [1.29, 1.82) is 0 Å². The van der Waals surface area contributed by atoms with Crippen molar-refractivity contribution >= 4 is 13.8 Å². The monoisotopic (exact) mass is 853 g/mol. The number of nitrogens with zero attached hydrogens (tertiary/aromatic N) is 1. The first-order chi connectivity index (χ1) is 28.6. The Morgan fingerprint density at radius 2 is 0.932 bits per heavy atom. The lowest BCUT2D eigenvalue weighted by Crippen LogP contribution is -2.37. The van der Waals surface area contributed by atoms with Crippen LogP contribution in [-0.2, 0) is 27.9 Å². The van der Waals surface area contributed by atoms with E-state index in [9.17, 15) is 14.3 Å². The fraction of sp³-hybridized carbons (Fsp3) is 0.820. The molecule has 0 aliphatic heterocycles. The van der Waals surface area contributed by atoms with Crippen LogP contribution in [0, 0.1) is 0 Å². The van der Waals surface area contributed by atoms with E-state index in [2.05, 4.69) is 62.5 Å². The van der Waals surface area contributed by atoms with Gasteiger partial charge in [0.25, 0.3) is 0 Å². The Hall–Kier alpha value is -1.54. The second kappa shape index (κ2) is 43.1. The molecule has 0 amide bonds. The Morgan fingerprint density at radius 1 is 0.525 bits per heavy atom. The zero-order valence-electron chi connectivity index (χ0n) is 39.2. The summed E-state index contributed by atoms with van der Waals surface area (Å²) in [5.74, 6) is -0.328. The Morgan fingerprint density at radius 3 is 1.41 bits per heavy atom. The molecule has 2 unspecified atom stereocenters. The number of hydrogen-bond acceptors (Lipinski definition) is 6. The van der Waals surface area contributed by atoms with Crippen LogP contribution in [0.5, 0.6) is 0 Å². The van der Waals surface area contributed by atoms with Crippen LogP contribution in [0.3, 0.4) is 0 Å². The molecule has 0 rings (SSSR count). The van der Waals surface area contributed by atoms with Gasteiger partial charge in [0.1, 0.15) is 19.3 Å². The molecule has 0 heterocycles. The number of esters is 1. The zero-order chi connectivity index (χ0) is 43.4. The van der Waals surface area contributed by atoms with Gasteiger partial charge in [-0.25, -0.2) is 4.57 Å². The van der Waals surface area contributed by atoms with Crippen LogP contribution in [0.4, 0.5) is 0 Å².